The van der Waals surface area contributed by atoms with Crippen LogP contribution in [0, 0.1) is 0 Å². The average molecular weight is 313 g/mol. The lowest BCUT2D eigenvalue weighted by Crippen LogP contribution is -2.45. The van der Waals surface area contributed by atoms with Gasteiger partial charge in [-0.05, 0) is 23.1 Å². The summed E-state index contributed by atoms with van der Waals surface area (Å²) in [6, 6.07) is 8.48. The van der Waals surface area contributed by atoms with E-state index in [2.05, 4.69) is 55.3 Å². The number of hydrogen-bond donors (Lipinski definition) is 1. The third-order valence-corrected chi connectivity index (χ3v) is 4.07. The van der Waals surface area contributed by atoms with Crippen molar-refractivity contribution in [1.29, 1.82) is 0 Å². The van der Waals surface area contributed by atoms with Crippen LogP contribution in [0.1, 0.15) is 32.0 Å². The first-order valence-electron chi connectivity index (χ1n) is 7.96. The van der Waals surface area contributed by atoms with Crippen molar-refractivity contribution in [1.82, 2.24) is 14.9 Å². The second-order valence-electron chi connectivity index (χ2n) is 6.92. The van der Waals surface area contributed by atoms with Crippen LogP contribution >= 0.6 is 0 Å². The van der Waals surface area contributed by atoms with Gasteiger partial charge in [-0.3, -0.25) is 4.79 Å². The SMILES string of the molecule is CC(C)(C)c1ccc(-n2cnc(CC3OCCNC3=O)c2)cc1. The minimum Gasteiger partial charge on any atom is -0.366 e. The Kier molecular flexibility index (Phi) is 4.22. The number of amides is 1. The third-order valence-electron chi connectivity index (χ3n) is 4.07. The maximum atomic E-state index is 11.7. The summed E-state index contributed by atoms with van der Waals surface area (Å²) in [5, 5.41) is 2.81. The summed E-state index contributed by atoms with van der Waals surface area (Å²) in [6.07, 6.45) is 3.80. The molecule has 1 aromatic carbocycles. The van der Waals surface area contributed by atoms with Gasteiger partial charge in [-0.25, -0.2) is 4.98 Å². The van der Waals surface area contributed by atoms with Crippen LogP contribution in [-0.4, -0.2) is 34.7 Å². The Morgan fingerprint density at radius 3 is 2.70 bits per heavy atom. The largest absolute Gasteiger partial charge is 0.366 e. The van der Waals surface area contributed by atoms with Crippen LogP contribution in [0.2, 0.25) is 0 Å². The number of imidazole rings is 1. The van der Waals surface area contributed by atoms with Gasteiger partial charge in [0.25, 0.3) is 0 Å². The molecule has 0 aliphatic carbocycles. The first-order chi connectivity index (χ1) is 10.9. The number of rotatable bonds is 3. The lowest BCUT2D eigenvalue weighted by molar-refractivity contribution is -0.137. The van der Waals surface area contributed by atoms with Gasteiger partial charge in [0, 0.05) is 24.8 Å². The van der Waals surface area contributed by atoms with Crippen molar-refractivity contribution in [3.8, 4) is 5.69 Å². The normalized spacial score (nSPS) is 18.7. The molecular weight excluding hydrogens is 290 g/mol. The molecule has 5 nitrogen and oxygen atoms in total. The highest BCUT2D eigenvalue weighted by atomic mass is 16.5. The van der Waals surface area contributed by atoms with Gasteiger partial charge in [0.1, 0.15) is 6.10 Å². The molecular formula is C18H23N3O2. The molecule has 23 heavy (non-hydrogen) atoms. The van der Waals surface area contributed by atoms with Crippen LogP contribution in [0.5, 0.6) is 0 Å². The Balaban J connectivity index is 1.72. The summed E-state index contributed by atoms with van der Waals surface area (Å²) < 4.78 is 7.48. The van der Waals surface area contributed by atoms with Crippen molar-refractivity contribution in [2.24, 2.45) is 0 Å². The molecule has 1 N–H and O–H groups in total. The Morgan fingerprint density at radius 1 is 1.30 bits per heavy atom. The van der Waals surface area contributed by atoms with E-state index in [4.69, 9.17) is 4.74 Å². The summed E-state index contributed by atoms with van der Waals surface area (Å²) in [5.74, 6) is -0.0552. The van der Waals surface area contributed by atoms with E-state index >= 15 is 0 Å². The fourth-order valence-corrected chi connectivity index (χ4v) is 2.65. The standard InChI is InChI=1S/C18H23N3O2/c1-18(2,3)13-4-6-15(7-5-13)21-11-14(20-12-21)10-16-17(22)19-8-9-23-16/h4-7,11-12,16H,8-10H2,1-3H3,(H,19,22). The van der Waals surface area contributed by atoms with Gasteiger partial charge in [0.05, 0.1) is 18.6 Å². The van der Waals surface area contributed by atoms with E-state index in [9.17, 15) is 4.79 Å². The predicted octanol–water partition coefficient (Wildman–Crippen LogP) is 2.23. The molecule has 1 aliphatic rings. The van der Waals surface area contributed by atoms with E-state index in [-0.39, 0.29) is 11.3 Å². The zero-order valence-corrected chi connectivity index (χ0v) is 13.9. The summed E-state index contributed by atoms with van der Waals surface area (Å²) in [6.45, 7) is 7.75. The minimum absolute atomic E-state index is 0.0552. The summed E-state index contributed by atoms with van der Waals surface area (Å²) >= 11 is 0. The Morgan fingerprint density at radius 2 is 2.04 bits per heavy atom. The highest BCUT2D eigenvalue weighted by Crippen LogP contribution is 2.23. The molecule has 1 saturated heterocycles. The molecule has 2 aromatic rings. The Labute approximate surface area is 136 Å². The van der Waals surface area contributed by atoms with Gasteiger partial charge >= 0.3 is 0 Å². The molecule has 1 fully saturated rings. The molecule has 0 saturated carbocycles. The molecule has 1 atom stereocenters. The first kappa shape index (κ1) is 15.7. The van der Waals surface area contributed by atoms with Crippen LogP contribution in [0.25, 0.3) is 5.69 Å². The number of nitrogens with zero attached hydrogens (tertiary/aromatic N) is 2. The highest BCUT2D eigenvalue weighted by molar-refractivity contribution is 5.81. The molecule has 2 heterocycles. The van der Waals surface area contributed by atoms with E-state index in [0.717, 1.165) is 11.4 Å². The topological polar surface area (TPSA) is 56.1 Å². The molecule has 3 rings (SSSR count). The molecule has 1 amide bonds. The molecule has 0 radical (unpaired) electrons. The molecule has 1 aromatic heterocycles. The maximum absolute atomic E-state index is 11.7. The lowest BCUT2D eigenvalue weighted by Gasteiger charge is -2.21. The van der Waals surface area contributed by atoms with E-state index in [1.807, 2.05) is 10.8 Å². The van der Waals surface area contributed by atoms with Crippen molar-refractivity contribution >= 4 is 5.91 Å². The van der Waals surface area contributed by atoms with Gasteiger partial charge in [-0.15, -0.1) is 0 Å². The summed E-state index contributed by atoms with van der Waals surface area (Å²) in [5.41, 5.74) is 3.36. The molecule has 0 bridgehead atoms. The average Bonchev–Trinajstić information content (AvgIpc) is 2.97. The zero-order valence-electron chi connectivity index (χ0n) is 13.9. The molecule has 1 aliphatic heterocycles. The number of carbonyl (C=O) groups excluding carboxylic acids is 1. The number of aromatic nitrogens is 2. The molecule has 5 heteroatoms. The van der Waals surface area contributed by atoms with E-state index < -0.39 is 6.10 Å². The number of carbonyl (C=O) groups is 1. The molecule has 122 valence electrons. The second-order valence-corrected chi connectivity index (χ2v) is 6.92. The van der Waals surface area contributed by atoms with Crippen LogP contribution in [0.4, 0.5) is 0 Å². The Bertz CT molecular complexity index is 683. The predicted molar refractivity (Wildman–Crippen MR) is 88.7 cm³/mol. The van der Waals surface area contributed by atoms with E-state index in [1.165, 1.54) is 5.56 Å². The van der Waals surface area contributed by atoms with Gasteiger partial charge in [0.2, 0.25) is 5.91 Å². The number of ether oxygens (including phenoxy) is 1. The maximum Gasteiger partial charge on any atom is 0.249 e. The quantitative estimate of drug-likeness (QED) is 0.945. The smallest absolute Gasteiger partial charge is 0.249 e. The van der Waals surface area contributed by atoms with Gasteiger partial charge in [-0.2, -0.15) is 0 Å². The highest BCUT2D eigenvalue weighted by Gasteiger charge is 2.24. The van der Waals surface area contributed by atoms with Gasteiger partial charge < -0.3 is 14.6 Å². The van der Waals surface area contributed by atoms with E-state index in [0.29, 0.717) is 19.6 Å². The number of benzene rings is 1. The van der Waals surface area contributed by atoms with Crippen LogP contribution in [0.3, 0.4) is 0 Å². The monoisotopic (exact) mass is 313 g/mol. The van der Waals surface area contributed by atoms with Crippen molar-refractivity contribution in [3.63, 3.8) is 0 Å². The minimum atomic E-state index is -0.435. The van der Waals surface area contributed by atoms with Crippen molar-refractivity contribution < 1.29 is 9.53 Å². The Hall–Kier alpha value is -2.14. The number of morpholine rings is 1. The molecule has 1 unspecified atom stereocenters. The number of hydrogen-bond acceptors (Lipinski definition) is 3. The van der Waals surface area contributed by atoms with Gasteiger partial charge in [0.15, 0.2) is 0 Å². The van der Waals surface area contributed by atoms with Crippen LogP contribution < -0.4 is 5.32 Å². The molecule has 0 spiro atoms. The fraction of sp³-hybridized carbons (Fsp3) is 0.444. The van der Waals surface area contributed by atoms with Gasteiger partial charge in [-0.1, -0.05) is 32.9 Å². The zero-order chi connectivity index (χ0) is 16.4. The first-order valence-corrected chi connectivity index (χ1v) is 7.96. The summed E-state index contributed by atoms with van der Waals surface area (Å²) in [4.78, 5) is 16.1. The lowest BCUT2D eigenvalue weighted by atomic mass is 9.87. The number of nitrogens with one attached hydrogen (secondary N) is 1. The van der Waals surface area contributed by atoms with Crippen molar-refractivity contribution in [3.05, 3.63) is 48.0 Å². The van der Waals surface area contributed by atoms with Crippen molar-refractivity contribution in [2.45, 2.75) is 38.7 Å². The van der Waals surface area contributed by atoms with Crippen molar-refractivity contribution in [2.75, 3.05) is 13.2 Å². The fourth-order valence-electron chi connectivity index (χ4n) is 2.65. The van der Waals surface area contributed by atoms with E-state index in [1.54, 1.807) is 6.33 Å². The van der Waals surface area contributed by atoms with Crippen LogP contribution in [-0.2, 0) is 21.4 Å². The third kappa shape index (κ3) is 3.62. The summed E-state index contributed by atoms with van der Waals surface area (Å²) in [7, 11) is 0. The van der Waals surface area contributed by atoms with Crippen LogP contribution in [0.15, 0.2) is 36.8 Å². The second kappa shape index (κ2) is 6.16.